The van der Waals surface area contributed by atoms with Gasteiger partial charge in [0.15, 0.2) is 11.5 Å². The van der Waals surface area contributed by atoms with Gasteiger partial charge in [-0.1, -0.05) is 18.5 Å². The predicted octanol–water partition coefficient (Wildman–Crippen LogP) is 2.58. The van der Waals surface area contributed by atoms with Crippen LogP contribution in [0.5, 0.6) is 11.5 Å². The van der Waals surface area contributed by atoms with Gasteiger partial charge in [-0.2, -0.15) is 0 Å². The van der Waals surface area contributed by atoms with Crippen LogP contribution in [0.25, 0.3) is 6.08 Å². The van der Waals surface area contributed by atoms with E-state index in [0.29, 0.717) is 41.0 Å². The fourth-order valence-corrected chi connectivity index (χ4v) is 2.91. The fraction of sp³-hybridized carbons (Fsp3) is 0.312. The number of aromatic nitrogens is 2. The van der Waals surface area contributed by atoms with E-state index in [1.807, 2.05) is 13.8 Å². The second-order valence-corrected chi connectivity index (χ2v) is 6.08. The number of halogens is 1. The molecule has 2 rings (SSSR count). The maximum absolute atomic E-state index is 11.4. The van der Waals surface area contributed by atoms with Gasteiger partial charge in [0, 0.05) is 11.3 Å². The highest BCUT2D eigenvalue weighted by Crippen LogP contribution is 2.37. The van der Waals surface area contributed by atoms with Gasteiger partial charge in [-0.05, 0) is 42.5 Å². The third kappa shape index (κ3) is 4.90. The monoisotopic (exact) mass is 383 g/mol. The summed E-state index contributed by atoms with van der Waals surface area (Å²) in [6.07, 6.45) is 1.95. The average Bonchev–Trinajstić information content (AvgIpc) is 3.02. The lowest BCUT2D eigenvalue weighted by Crippen LogP contribution is -2.23. The summed E-state index contributed by atoms with van der Waals surface area (Å²) in [5, 5.41) is 19.4. The van der Waals surface area contributed by atoms with E-state index in [2.05, 4.69) is 10.2 Å². The third-order valence-corrected chi connectivity index (χ3v) is 4.11. The first kappa shape index (κ1) is 19.1. The Morgan fingerprint density at radius 3 is 2.72 bits per heavy atom. The summed E-state index contributed by atoms with van der Waals surface area (Å²) in [4.78, 5) is 11.3. The van der Waals surface area contributed by atoms with Gasteiger partial charge in [0.2, 0.25) is 5.89 Å². The number of thioether (sulfide) groups is 1. The summed E-state index contributed by atoms with van der Waals surface area (Å²) in [5.74, 6) is -0.150. The number of ether oxygens (including phenoxy) is 2. The maximum Gasteiger partial charge on any atom is 0.281 e. The van der Waals surface area contributed by atoms with E-state index in [1.54, 1.807) is 12.1 Å². The number of aryl methyl sites for hydroxylation is 1. The van der Waals surface area contributed by atoms with Crippen LogP contribution in [0.2, 0.25) is 5.02 Å². The minimum atomic E-state index is -1.37. The molecule has 0 saturated heterocycles. The topological polar surface area (TPSA) is 97.5 Å². The SMILES string of the molecule is CCOc1cc(/C=C(/Sc2nnc(CC)o2)C(=O)[O-])cc(Cl)c1OC. The van der Waals surface area contributed by atoms with E-state index >= 15 is 0 Å². The number of hydrogen-bond donors (Lipinski definition) is 0. The Kier molecular flexibility index (Phi) is 6.72. The molecular formula is C16H16ClN2O5S-. The zero-order valence-electron chi connectivity index (χ0n) is 13.9. The molecule has 9 heteroatoms. The second-order valence-electron chi connectivity index (χ2n) is 4.68. The fourth-order valence-electron chi connectivity index (χ4n) is 1.93. The van der Waals surface area contributed by atoms with Crippen LogP contribution in [0.4, 0.5) is 0 Å². The number of benzene rings is 1. The molecule has 134 valence electrons. The Morgan fingerprint density at radius 1 is 1.40 bits per heavy atom. The summed E-state index contributed by atoms with van der Waals surface area (Å²) in [6, 6.07) is 3.20. The van der Waals surface area contributed by atoms with Crippen LogP contribution in [0.15, 0.2) is 26.7 Å². The van der Waals surface area contributed by atoms with Crippen molar-refractivity contribution in [1.82, 2.24) is 10.2 Å². The molecule has 0 atom stereocenters. The molecule has 0 radical (unpaired) electrons. The van der Waals surface area contributed by atoms with Crippen LogP contribution in [-0.2, 0) is 11.2 Å². The second kappa shape index (κ2) is 8.77. The summed E-state index contributed by atoms with van der Waals surface area (Å²) < 4.78 is 16.0. The molecule has 0 aliphatic rings. The van der Waals surface area contributed by atoms with Crippen molar-refractivity contribution < 1.29 is 23.8 Å². The molecule has 0 aliphatic carbocycles. The summed E-state index contributed by atoms with van der Waals surface area (Å²) >= 11 is 6.98. The number of carbonyl (C=O) groups is 1. The maximum atomic E-state index is 11.4. The van der Waals surface area contributed by atoms with Crippen LogP contribution in [0.1, 0.15) is 25.3 Å². The highest BCUT2D eigenvalue weighted by molar-refractivity contribution is 8.03. The quantitative estimate of drug-likeness (QED) is 0.506. The van der Waals surface area contributed by atoms with Gasteiger partial charge in [-0.15, -0.1) is 10.2 Å². The Balaban J connectivity index is 2.37. The van der Waals surface area contributed by atoms with Crippen molar-refractivity contribution in [2.24, 2.45) is 0 Å². The van der Waals surface area contributed by atoms with Crippen molar-refractivity contribution in [3.63, 3.8) is 0 Å². The summed E-state index contributed by atoms with van der Waals surface area (Å²) in [6.45, 7) is 4.08. The predicted molar refractivity (Wildman–Crippen MR) is 91.7 cm³/mol. The number of nitrogens with zero attached hydrogens (tertiary/aromatic N) is 2. The lowest BCUT2D eigenvalue weighted by molar-refractivity contribution is -0.298. The van der Waals surface area contributed by atoms with Crippen LogP contribution in [0.3, 0.4) is 0 Å². The van der Waals surface area contributed by atoms with Gasteiger partial charge in [0.25, 0.3) is 5.22 Å². The van der Waals surface area contributed by atoms with Crippen molar-refractivity contribution in [2.45, 2.75) is 25.5 Å². The van der Waals surface area contributed by atoms with Crippen molar-refractivity contribution in [2.75, 3.05) is 13.7 Å². The molecule has 0 spiro atoms. The molecule has 0 bridgehead atoms. The zero-order valence-corrected chi connectivity index (χ0v) is 15.4. The molecule has 0 N–H and O–H groups in total. The minimum Gasteiger partial charge on any atom is -0.544 e. The lowest BCUT2D eigenvalue weighted by Gasteiger charge is -2.12. The van der Waals surface area contributed by atoms with Crippen molar-refractivity contribution in [3.05, 3.63) is 33.5 Å². The van der Waals surface area contributed by atoms with Crippen molar-refractivity contribution >= 4 is 35.4 Å². The van der Waals surface area contributed by atoms with E-state index in [1.165, 1.54) is 13.2 Å². The van der Waals surface area contributed by atoms with E-state index in [4.69, 9.17) is 25.5 Å². The number of hydrogen-bond acceptors (Lipinski definition) is 8. The summed E-state index contributed by atoms with van der Waals surface area (Å²) in [7, 11) is 1.47. The lowest BCUT2D eigenvalue weighted by atomic mass is 10.2. The third-order valence-electron chi connectivity index (χ3n) is 2.98. The molecule has 1 heterocycles. The van der Waals surface area contributed by atoms with Crippen molar-refractivity contribution in [3.8, 4) is 11.5 Å². The summed E-state index contributed by atoms with van der Waals surface area (Å²) in [5.41, 5.74) is 0.510. The molecular weight excluding hydrogens is 368 g/mol. The first-order valence-electron chi connectivity index (χ1n) is 7.42. The molecule has 0 unspecified atom stereocenters. The smallest absolute Gasteiger partial charge is 0.281 e. The number of carboxylic acids is 1. The molecule has 7 nitrogen and oxygen atoms in total. The van der Waals surface area contributed by atoms with Gasteiger partial charge in [0.1, 0.15) is 0 Å². The Morgan fingerprint density at radius 2 is 2.16 bits per heavy atom. The number of carboxylic acid groups (broad SMARTS) is 1. The number of methoxy groups -OCH3 is 1. The molecule has 2 aromatic rings. The molecule has 0 fully saturated rings. The molecule has 25 heavy (non-hydrogen) atoms. The van der Waals surface area contributed by atoms with Gasteiger partial charge in [-0.3, -0.25) is 0 Å². The van der Waals surface area contributed by atoms with Gasteiger partial charge < -0.3 is 23.8 Å². The van der Waals surface area contributed by atoms with E-state index in [-0.39, 0.29) is 10.1 Å². The molecule has 1 aromatic heterocycles. The average molecular weight is 384 g/mol. The van der Waals surface area contributed by atoms with Crippen LogP contribution < -0.4 is 14.6 Å². The van der Waals surface area contributed by atoms with E-state index in [9.17, 15) is 9.90 Å². The highest BCUT2D eigenvalue weighted by Gasteiger charge is 2.13. The largest absolute Gasteiger partial charge is 0.544 e. The number of carbonyl (C=O) groups excluding carboxylic acids is 1. The Labute approximate surface area is 154 Å². The van der Waals surface area contributed by atoms with Gasteiger partial charge >= 0.3 is 0 Å². The highest BCUT2D eigenvalue weighted by atomic mass is 35.5. The van der Waals surface area contributed by atoms with Crippen LogP contribution in [0, 0.1) is 0 Å². The van der Waals surface area contributed by atoms with Gasteiger partial charge in [0.05, 0.1) is 24.7 Å². The van der Waals surface area contributed by atoms with Gasteiger partial charge in [-0.25, -0.2) is 0 Å². The molecule has 1 aromatic carbocycles. The van der Waals surface area contributed by atoms with E-state index in [0.717, 1.165) is 11.8 Å². The molecule has 0 amide bonds. The minimum absolute atomic E-state index is 0.102. The Bertz CT molecular complexity index is 791. The number of rotatable bonds is 8. The first-order chi connectivity index (χ1) is 12.0. The van der Waals surface area contributed by atoms with Crippen molar-refractivity contribution in [1.29, 1.82) is 0 Å². The Hall–Kier alpha value is -2.19. The van der Waals surface area contributed by atoms with Crippen LogP contribution in [-0.4, -0.2) is 29.9 Å². The van der Waals surface area contributed by atoms with E-state index < -0.39 is 5.97 Å². The number of aliphatic carboxylic acids is 1. The molecule has 0 saturated carbocycles. The standard InChI is InChI=1S/C16H17ClN2O5S/c1-4-13-18-19-16(24-13)25-12(15(20)21)8-9-6-10(17)14(22-3)11(7-9)23-5-2/h6-8H,4-5H2,1-3H3,(H,20,21)/p-1/b12-8+. The first-order valence-corrected chi connectivity index (χ1v) is 8.61. The molecule has 0 aliphatic heterocycles. The van der Waals surface area contributed by atoms with Crippen LogP contribution >= 0.6 is 23.4 Å². The zero-order chi connectivity index (χ0) is 18.4. The normalized spacial score (nSPS) is 11.4.